The van der Waals surface area contributed by atoms with E-state index in [1.165, 1.54) is 0 Å². The van der Waals surface area contributed by atoms with Gasteiger partial charge < -0.3 is 15.2 Å². The summed E-state index contributed by atoms with van der Waals surface area (Å²) in [6.07, 6.45) is 0.284. The fourth-order valence-corrected chi connectivity index (χ4v) is 1.69. The molecule has 1 amide bonds. The Morgan fingerprint density at radius 3 is 2.40 bits per heavy atom. The molecule has 2 N–H and O–H groups in total. The number of ether oxygens (including phenoxy) is 1. The molecular formula is C15H25NO3S. The van der Waals surface area contributed by atoms with E-state index in [1.807, 2.05) is 51.1 Å². The van der Waals surface area contributed by atoms with E-state index in [2.05, 4.69) is 5.32 Å². The van der Waals surface area contributed by atoms with Gasteiger partial charge in [0.1, 0.15) is 5.60 Å². The van der Waals surface area contributed by atoms with Crippen molar-refractivity contribution in [2.75, 3.05) is 13.2 Å². The van der Waals surface area contributed by atoms with Crippen molar-refractivity contribution in [3.8, 4) is 0 Å². The van der Waals surface area contributed by atoms with Crippen LogP contribution < -0.4 is 5.32 Å². The highest BCUT2D eigenvalue weighted by atomic mass is 32.1. The van der Waals surface area contributed by atoms with Crippen molar-refractivity contribution in [3.05, 3.63) is 35.9 Å². The van der Waals surface area contributed by atoms with Crippen molar-refractivity contribution < 1.29 is 14.6 Å². The maximum Gasteiger partial charge on any atom is 0.407 e. The van der Waals surface area contributed by atoms with Crippen molar-refractivity contribution in [2.45, 2.75) is 32.8 Å². The number of alkyl carbamates (subject to hydrolysis) is 1. The van der Waals surface area contributed by atoms with Gasteiger partial charge in [-0.2, -0.15) is 13.5 Å². The van der Waals surface area contributed by atoms with Gasteiger partial charge in [0.15, 0.2) is 0 Å². The fourth-order valence-electron chi connectivity index (χ4n) is 1.69. The number of aliphatic hydroxyl groups excluding tert-OH is 1. The topological polar surface area (TPSA) is 58.6 Å². The van der Waals surface area contributed by atoms with Crippen LogP contribution in [0.3, 0.4) is 0 Å². The minimum Gasteiger partial charge on any atom is -0.444 e. The van der Waals surface area contributed by atoms with Crippen molar-refractivity contribution >= 4 is 19.6 Å². The quantitative estimate of drug-likeness (QED) is 0.878. The molecule has 0 aromatic heterocycles. The van der Waals surface area contributed by atoms with Crippen LogP contribution in [0.4, 0.5) is 4.79 Å². The average molecular weight is 299 g/mol. The maximum atomic E-state index is 11.5. The molecule has 4 nitrogen and oxygen atoms in total. The van der Waals surface area contributed by atoms with Gasteiger partial charge in [-0.3, -0.25) is 0 Å². The van der Waals surface area contributed by atoms with Crippen LogP contribution in [-0.2, 0) is 11.2 Å². The Labute approximate surface area is 128 Å². The molecule has 1 atom stereocenters. The van der Waals surface area contributed by atoms with Crippen molar-refractivity contribution in [2.24, 2.45) is 5.92 Å². The van der Waals surface area contributed by atoms with Crippen molar-refractivity contribution in [3.63, 3.8) is 0 Å². The first-order valence-electron chi connectivity index (χ1n) is 6.52. The highest BCUT2D eigenvalue weighted by Gasteiger charge is 2.17. The number of nitrogens with one attached hydrogen (secondary N) is 1. The van der Waals surface area contributed by atoms with Crippen LogP contribution >= 0.6 is 13.5 Å². The summed E-state index contributed by atoms with van der Waals surface area (Å²) < 4.78 is 5.15. The smallest absolute Gasteiger partial charge is 0.407 e. The molecule has 20 heavy (non-hydrogen) atoms. The Kier molecular flexibility index (Phi) is 8.34. The van der Waals surface area contributed by atoms with Crippen LogP contribution in [-0.4, -0.2) is 30.0 Å². The molecule has 114 valence electrons. The molecule has 0 heterocycles. The third kappa shape index (κ3) is 8.07. The van der Waals surface area contributed by atoms with Gasteiger partial charge in [-0.25, -0.2) is 4.79 Å². The number of amides is 1. The van der Waals surface area contributed by atoms with Gasteiger partial charge in [0, 0.05) is 19.1 Å². The van der Waals surface area contributed by atoms with E-state index in [-0.39, 0.29) is 26.0 Å². The molecule has 0 saturated heterocycles. The summed E-state index contributed by atoms with van der Waals surface area (Å²) in [7, 11) is 0. The molecule has 5 heteroatoms. The minimum absolute atomic E-state index is 0. The normalized spacial score (nSPS) is 12.2. The molecule has 0 bridgehead atoms. The first-order valence-corrected chi connectivity index (χ1v) is 6.52. The number of hydrogen-bond donors (Lipinski definition) is 2. The standard InChI is InChI=1S/C15H23NO3.H2S/c1-15(2,3)19-14(18)16-10-13(11-17)9-12-7-5-4-6-8-12;/h4-8,13,17H,9-11H2,1-3H3,(H,16,18);1H2/t13-;/m0./s1. The lowest BCUT2D eigenvalue weighted by molar-refractivity contribution is 0.0512. The zero-order valence-electron chi connectivity index (χ0n) is 12.3. The first kappa shape index (κ1) is 18.8. The first-order chi connectivity index (χ1) is 8.90. The van der Waals surface area contributed by atoms with Crippen LogP contribution in [0.15, 0.2) is 30.3 Å². The van der Waals surface area contributed by atoms with Crippen LogP contribution in [0.1, 0.15) is 26.3 Å². The molecule has 0 aliphatic heterocycles. The summed E-state index contributed by atoms with van der Waals surface area (Å²) >= 11 is 0. The van der Waals surface area contributed by atoms with Crippen molar-refractivity contribution in [1.29, 1.82) is 0 Å². The van der Waals surface area contributed by atoms with Gasteiger partial charge in [0.25, 0.3) is 0 Å². The zero-order valence-corrected chi connectivity index (χ0v) is 13.3. The second-order valence-corrected chi connectivity index (χ2v) is 5.62. The van der Waals surface area contributed by atoms with E-state index < -0.39 is 11.7 Å². The van der Waals surface area contributed by atoms with E-state index in [0.29, 0.717) is 6.54 Å². The Bertz CT molecular complexity index is 390. The number of rotatable bonds is 5. The van der Waals surface area contributed by atoms with Gasteiger partial charge in [0.05, 0.1) is 0 Å². The number of benzene rings is 1. The Balaban J connectivity index is 0.00000361. The molecule has 0 saturated carbocycles. The SMILES string of the molecule is CC(C)(C)OC(=O)NC[C@@H](CO)Cc1ccccc1.S. The monoisotopic (exact) mass is 299 g/mol. The number of carbonyl (C=O) groups is 1. The summed E-state index contributed by atoms with van der Waals surface area (Å²) in [4.78, 5) is 11.5. The van der Waals surface area contributed by atoms with Crippen molar-refractivity contribution in [1.82, 2.24) is 5.32 Å². The van der Waals surface area contributed by atoms with Crippen LogP contribution in [0.2, 0.25) is 0 Å². The highest BCUT2D eigenvalue weighted by Crippen LogP contribution is 2.09. The van der Waals surface area contributed by atoms with Crippen LogP contribution in [0, 0.1) is 5.92 Å². The van der Waals surface area contributed by atoms with Crippen LogP contribution in [0.25, 0.3) is 0 Å². The second kappa shape index (κ2) is 8.87. The molecule has 0 aliphatic rings. The lowest BCUT2D eigenvalue weighted by Gasteiger charge is -2.21. The molecule has 0 unspecified atom stereocenters. The summed E-state index contributed by atoms with van der Waals surface area (Å²) in [6, 6.07) is 9.90. The van der Waals surface area contributed by atoms with E-state index in [9.17, 15) is 9.90 Å². The number of aliphatic hydroxyl groups is 1. The zero-order chi connectivity index (χ0) is 14.3. The maximum absolute atomic E-state index is 11.5. The summed E-state index contributed by atoms with van der Waals surface area (Å²) in [5.74, 6) is -0.00471. The van der Waals surface area contributed by atoms with Gasteiger partial charge in [-0.05, 0) is 32.8 Å². The van der Waals surface area contributed by atoms with E-state index in [1.54, 1.807) is 0 Å². The molecule has 1 aromatic carbocycles. The Morgan fingerprint density at radius 1 is 1.30 bits per heavy atom. The summed E-state index contributed by atoms with van der Waals surface area (Å²) in [5, 5.41) is 12.0. The van der Waals surface area contributed by atoms with E-state index in [4.69, 9.17) is 4.74 Å². The van der Waals surface area contributed by atoms with E-state index >= 15 is 0 Å². The summed E-state index contributed by atoms with van der Waals surface area (Å²) in [6.45, 7) is 5.89. The molecule has 0 radical (unpaired) electrons. The van der Waals surface area contributed by atoms with E-state index in [0.717, 1.165) is 12.0 Å². The van der Waals surface area contributed by atoms with Gasteiger partial charge >= 0.3 is 6.09 Å². The predicted octanol–water partition coefficient (Wildman–Crippen LogP) is 2.48. The van der Waals surface area contributed by atoms with Gasteiger partial charge in [-0.1, -0.05) is 30.3 Å². The Hall–Kier alpha value is -1.20. The number of hydrogen-bond acceptors (Lipinski definition) is 3. The highest BCUT2D eigenvalue weighted by molar-refractivity contribution is 7.59. The molecule has 0 fully saturated rings. The average Bonchev–Trinajstić information content (AvgIpc) is 2.33. The lowest BCUT2D eigenvalue weighted by atomic mass is 10.0. The predicted molar refractivity (Wildman–Crippen MR) is 85.3 cm³/mol. The summed E-state index contributed by atoms with van der Waals surface area (Å²) in [5.41, 5.74) is 0.644. The minimum atomic E-state index is -0.502. The van der Waals surface area contributed by atoms with Crippen LogP contribution in [0.5, 0.6) is 0 Å². The molecule has 0 aliphatic carbocycles. The third-order valence-corrected chi connectivity index (χ3v) is 2.56. The largest absolute Gasteiger partial charge is 0.444 e. The van der Waals surface area contributed by atoms with Gasteiger partial charge in [0.2, 0.25) is 0 Å². The second-order valence-electron chi connectivity index (χ2n) is 5.62. The molecular weight excluding hydrogens is 274 g/mol. The Morgan fingerprint density at radius 2 is 1.90 bits per heavy atom. The molecule has 0 spiro atoms. The fraction of sp³-hybridized carbons (Fsp3) is 0.533. The van der Waals surface area contributed by atoms with Gasteiger partial charge in [-0.15, -0.1) is 0 Å². The lowest BCUT2D eigenvalue weighted by Crippen LogP contribution is -2.36. The third-order valence-electron chi connectivity index (χ3n) is 2.56. The molecule has 1 aromatic rings. The molecule has 1 rings (SSSR count). The number of carbonyl (C=O) groups excluding carboxylic acids is 1.